The zero-order chi connectivity index (χ0) is 12.1. The van der Waals surface area contributed by atoms with Gasteiger partial charge < -0.3 is 10.2 Å². The third kappa shape index (κ3) is 3.57. The summed E-state index contributed by atoms with van der Waals surface area (Å²) in [4.78, 5) is 17.8. The van der Waals surface area contributed by atoms with E-state index in [4.69, 9.17) is 11.6 Å². The number of carbonyl (C=O) groups excluding carboxylic acids is 1. The number of halogens is 1. The monoisotopic (exact) mass is 273 g/mol. The zero-order valence-corrected chi connectivity index (χ0v) is 11.2. The second-order valence-corrected chi connectivity index (χ2v) is 5.15. The molecule has 1 saturated heterocycles. The Morgan fingerprint density at radius 1 is 1.53 bits per heavy atom. The second-order valence-electron chi connectivity index (χ2n) is 4.05. The van der Waals surface area contributed by atoms with Gasteiger partial charge in [0.1, 0.15) is 5.88 Å². The largest absolute Gasteiger partial charge is 0.355 e. The molecule has 1 aromatic rings. The highest BCUT2D eigenvalue weighted by atomic mass is 35.5. The van der Waals surface area contributed by atoms with Crippen molar-refractivity contribution >= 4 is 34.0 Å². The van der Waals surface area contributed by atoms with Crippen molar-refractivity contribution in [1.29, 1.82) is 0 Å². The third-order valence-corrected chi connectivity index (χ3v) is 3.93. The molecule has 1 amide bonds. The summed E-state index contributed by atoms with van der Waals surface area (Å²) in [7, 11) is 0. The van der Waals surface area contributed by atoms with Crippen LogP contribution >= 0.6 is 22.9 Å². The molecule has 6 heteroatoms. The fourth-order valence-electron chi connectivity index (χ4n) is 1.84. The molecule has 1 aromatic heterocycles. The van der Waals surface area contributed by atoms with Gasteiger partial charge in [0.2, 0.25) is 5.91 Å². The second kappa shape index (κ2) is 6.21. The van der Waals surface area contributed by atoms with Crippen molar-refractivity contribution in [1.82, 2.24) is 10.3 Å². The van der Waals surface area contributed by atoms with Gasteiger partial charge >= 0.3 is 0 Å². The van der Waals surface area contributed by atoms with Crippen LogP contribution in [0.1, 0.15) is 18.5 Å². The molecule has 0 radical (unpaired) electrons. The van der Waals surface area contributed by atoms with Crippen LogP contribution < -0.4 is 10.2 Å². The Morgan fingerprint density at radius 3 is 3.00 bits per heavy atom. The summed E-state index contributed by atoms with van der Waals surface area (Å²) >= 11 is 7.08. The van der Waals surface area contributed by atoms with Crippen LogP contribution in [0.2, 0.25) is 0 Å². The number of hydrogen-bond donors (Lipinski definition) is 1. The molecule has 1 aliphatic rings. The first-order valence-electron chi connectivity index (χ1n) is 5.81. The average Bonchev–Trinajstić information content (AvgIpc) is 2.98. The van der Waals surface area contributed by atoms with Crippen LogP contribution in [0.4, 0.5) is 5.13 Å². The fraction of sp³-hybridized carbons (Fsp3) is 0.636. The van der Waals surface area contributed by atoms with E-state index in [2.05, 4.69) is 20.6 Å². The summed E-state index contributed by atoms with van der Waals surface area (Å²) in [6.07, 6.45) is 3.30. The minimum atomic E-state index is -0.123. The van der Waals surface area contributed by atoms with Crippen molar-refractivity contribution in [2.75, 3.05) is 30.4 Å². The molecule has 1 aliphatic heterocycles. The van der Waals surface area contributed by atoms with Gasteiger partial charge in [-0.25, -0.2) is 4.98 Å². The molecular formula is C11H16ClN3OS. The number of anilines is 1. The Morgan fingerprint density at radius 2 is 2.29 bits per heavy atom. The minimum absolute atomic E-state index is 0.0239. The first kappa shape index (κ1) is 12.6. The number of hydrogen-bond acceptors (Lipinski definition) is 4. The number of nitrogens with zero attached hydrogens (tertiary/aromatic N) is 2. The van der Waals surface area contributed by atoms with Gasteiger partial charge in [-0.2, -0.15) is 0 Å². The molecule has 2 heterocycles. The van der Waals surface area contributed by atoms with Crippen LogP contribution in [0.5, 0.6) is 0 Å². The van der Waals surface area contributed by atoms with Gasteiger partial charge in [0, 0.05) is 31.4 Å². The number of nitrogens with one attached hydrogen (secondary N) is 1. The summed E-state index contributed by atoms with van der Waals surface area (Å²) in [5.74, 6) is -0.0996. The molecule has 0 bridgehead atoms. The van der Waals surface area contributed by atoms with Crippen LogP contribution in [0.25, 0.3) is 0 Å². The number of aromatic nitrogens is 1. The standard InChI is InChI=1S/C11H16ClN3OS/c12-7-10(16)13-4-3-9-8-17-11(14-9)15-5-1-2-6-15/h8H,1-7H2,(H,13,16). The molecule has 4 nitrogen and oxygen atoms in total. The van der Waals surface area contributed by atoms with E-state index in [1.165, 1.54) is 12.8 Å². The van der Waals surface area contributed by atoms with E-state index >= 15 is 0 Å². The normalized spacial score (nSPS) is 15.2. The lowest BCUT2D eigenvalue weighted by atomic mass is 10.3. The molecule has 0 saturated carbocycles. The Kier molecular flexibility index (Phi) is 4.62. The molecule has 2 rings (SSSR count). The van der Waals surface area contributed by atoms with Crippen molar-refractivity contribution in [2.45, 2.75) is 19.3 Å². The number of amides is 1. The maximum absolute atomic E-state index is 10.9. The van der Waals surface area contributed by atoms with Crippen molar-refractivity contribution in [2.24, 2.45) is 0 Å². The lowest BCUT2D eigenvalue weighted by Crippen LogP contribution is -2.26. The van der Waals surface area contributed by atoms with Gasteiger partial charge in [0.05, 0.1) is 5.69 Å². The Labute approximate surface area is 110 Å². The van der Waals surface area contributed by atoms with Crippen LogP contribution in [-0.4, -0.2) is 36.4 Å². The van der Waals surface area contributed by atoms with E-state index in [0.717, 1.165) is 30.3 Å². The highest BCUT2D eigenvalue weighted by Crippen LogP contribution is 2.24. The van der Waals surface area contributed by atoms with E-state index in [9.17, 15) is 4.79 Å². The third-order valence-electron chi connectivity index (χ3n) is 2.74. The Bertz CT molecular complexity index is 377. The van der Waals surface area contributed by atoms with Crippen LogP contribution in [0.15, 0.2) is 5.38 Å². The minimum Gasteiger partial charge on any atom is -0.355 e. The van der Waals surface area contributed by atoms with Crippen molar-refractivity contribution in [3.8, 4) is 0 Å². The fourth-order valence-corrected chi connectivity index (χ4v) is 2.85. The van der Waals surface area contributed by atoms with Crippen molar-refractivity contribution < 1.29 is 4.79 Å². The van der Waals surface area contributed by atoms with Crippen LogP contribution in [-0.2, 0) is 11.2 Å². The summed E-state index contributed by atoms with van der Waals surface area (Å²) in [5, 5.41) is 5.92. The van der Waals surface area contributed by atoms with E-state index in [-0.39, 0.29) is 11.8 Å². The maximum atomic E-state index is 10.9. The molecule has 0 aliphatic carbocycles. The molecule has 1 fully saturated rings. The van der Waals surface area contributed by atoms with Gasteiger partial charge in [0.25, 0.3) is 0 Å². The lowest BCUT2D eigenvalue weighted by molar-refractivity contribution is -0.118. The number of thiazole rings is 1. The Hall–Kier alpha value is -0.810. The van der Waals surface area contributed by atoms with Crippen molar-refractivity contribution in [3.05, 3.63) is 11.1 Å². The van der Waals surface area contributed by atoms with Gasteiger partial charge in [-0.1, -0.05) is 0 Å². The summed E-state index contributed by atoms with van der Waals surface area (Å²) in [6, 6.07) is 0. The van der Waals surface area contributed by atoms with Gasteiger partial charge in [-0.3, -0.25) is 4.79 Å². The van der Waals surface area contributed by atoms with Gasteiger partial charge in [-0.15, -0.1) is 22.9 Å². The summed E-state index contributed by atoms with van der Waals surface area (Å²) < 4.78 is 0. The molecule has 0 atom stereocenters. The predicted octanol–water partition coefficient (Wildman–Crippen LogP) is 1.64. The lowest BCUT2D eigenvalue weighted by Gasteiger charge is -2.12. The maximum Gasteiger partial charge on any atom is 0.234 e. The quantitative estimate of drug-likeness (QED) is 0.830. The predicted molar refractivity (Wildman–Crippen MR) is 71.0 cm³/mol. The summed E-state index contributed by atoms with van der Waals surface area (Å²) in [6.45, 7) is 2.85. The number of rotatable bonds is 5. The average molecular weight is 274 g/mol. The first-order chi connectivity index (χ1) is 8.29. The topological polar surface area (TPSA) is 45.2 Å². The molecular weight excluding hydrogens is 258 g/mol. The van der Waals surface area contributed by atoms with E-state index in [0.29, 0.717) is 6.54 Å². The molecule has 1 N–H and O–H groups in total. The van der Waals surface area contributed by atoms with Gasteiger partial charge in [-0.05, 0) is 12.8 Å². The zero-order valence-electron chi connectivity index (χ0n) is 9.62. The molecule has 0 spiro atoms. The molecule has 0 unspecified atom stereocenters. The van der Waals surface area contributed by atoms with E-state index in [1.54, 1.807) is 11.3 Å². The van der Waals surface area contributed by atoms with Crippen LogP contribution in [0, 0.1) is 0 Å². The number of alkyl halides is 1. The Balaban J connectivity index is 1.79. The highest BCUT2D eigenvalue weighted by Gasteiger charge is 2.15. The van der Waals surface area contributed by atoms with Gasteiger partial charge in [0.15, 0.2) is 5.13 Å². The summed E-state index contributed by atoms with van der Waals surface area (Å²) in [5.41, 5.74) is 1.05. The number of carbonyl (C=O) groups is 1. The smallest absolute Gasteiger partial charge is 0.234 e. The van der Waals surface area contributed by atoms with Crippen molar-refractivity contribution in [3.63, 3.8) is 0 Å². The molecule has 0 aromatic carbocycles. The SMILES string of the molecule is O=C(CCl)NCCc1csc(N2CCCC2)n1. The molecule has 17 heavy (non-hydrogen) atoms. The molecule has 94 valence electrons. The van der Waals surface area contributed by atoms with E-state index < -0.39 is 0 Å². The van der Waals surface area contributed by atoms with Crippen LogP contribution in [0.3, 0.4) is 0 Å². The highest BCUT2D eigenvalue weighted by molar-refractivity contribution is 7.13. The first-order valence-corrected chi connectivity index (χ1v) is 7.23. The van der Waals surface area contributed by atoms with E-state index in [1.807, 2.05) is 0 Å².